The van der Waals surface area contributed by atoms with Gasteiger partial charge in [0.05, 0.1) is 0 Å². The summed E-state index contributed by atoms with van der Waals surface area (Å²) in [6, 6.07) is -0.215. The van der Waals surface area contributed by atoms with Crippen molar-refractivity contribution in [3.05, 3.63) is 11.9 Å². The Morgan fingerprint density at radius 1 is 1.88 bits per heavy atom. The van der Waals surface area contributed by atoms with Gasteiger partial charge in [-0.3, -0.25) is 9.88 Å². The number of nitrogens with two attached hydrogens (primary N) is 1. The second kappa shape index (κ2) is 2.25. The fourth-order valence-corrected chi connectivity index (χ4v) is 1.30. The summed E-state index contributed by atoms with van der Waals surface area (Å²) in [5, 5.41) is 2.90. The van der Waals surface area contributed by atoms with Crippen molar-refractivity contribution in [2.75, 3.05) is 0 Å². The molecule has 3 N–H and O–H groups in total. The first kappa shape index (κ1) is 5.73. The van der Waals surface area contributed by atoms with Crippen molar-refractivity contribution in [2.45, 2.75) is 6.04 Å². The van der Waals surface area contributed by atoms with Crippen LogP contribution in [0, 0.1) is 0 Å². The summed E-state index contributed by atoms with van der Waals surface area (Å²) in [5.41, 5.74) is 4.95. The third-order valence-electron chi connectivity index (χ3n) is 0.917. The summed E-state index contributed by atoms with van der Waals surface area (Å²) in [6.07, 6.45) is 1.78. The second-order valence-corrected chi connectivity index (χ2v) is 2.44. The minimum absolute atomic E-state index is 0.215. The van der Waals surface area contributed by atoms with E-state index in [0.717, 1.165) is 0 Å². The van der Waals surface area contributed by atoms with E-state index >= 15 is 0 Å². The number of amides is 1. The third-order valence-corrected chi connectivity index (χ3v) is 1.75. The van der Waals surface area contributed by atoms with Gasteiger partial charge in [-0.15, -0.1) is 0 Å². The molecule has 0 aromatic heterocycles. The number of carbonyl (C=O) groups excluding carboxylic acids is 1. The van der Waals surface area contributed by atoms with E-state index in [0.29, 0.717) is 8.73 Å². The highest BCUT2D eigenvalue weighted by Gasteiger charge is 2.12. The van der Waals surface area contributed by atoms with Crippen molar-refractivity contribution >= 4 is 14.6 Å². The smallest absolute Gasteiger partial charge is 0.238 e. The van der Waals surface area contributed by atoms with Crippen LogP contribution in [0.15, 0.2) is 11.9 Å². The molecule has 3 nitrogen and oxygen atoms in total. The first-order valence-corrected chi connectivity index (χ1v) is 3.35. The van der Waals surface area contributed by atoms with Crippen LogP contribution < -0.4 is 10.8 Å². The number of hydrogen-bond donors (Lipinski definition) is 2. The van der Waals surface area contributed by atoms with E-state index in [-0.39, 0.29) is 11.9 Å². The predicted octanol–water partition coefficient (Wildman–Crippen LogP) is -0.449. The molecule has 2 unspecified atom stereocenters. The maximum Gasteiger partial charge on any atom is 0.238 e. The van der Waals surface area contributed by atoms with Crippen LogP contribution in [0.2, 0.25) is 0 Å². The minimum Gasteiger partial charge on any atom is -0.368 e. The van der Waals surface area contributed by atoms with E-state index in [9.17, 15) is 4.79 Å². The van der Waals surface area contributed by atoms with Crippen molar-refractivity contribution in [2.24, 2.45) is 5.73 Å². The fourth-order valence-electron chi connectivity index (χ4n) is 0.496. The van der Waals surface area contributed by atoms with Crippen molar-refractivity contribution in [1.29, 1.82) is 0 Å². The molecule has 0 spiro atoms. The highest BCUT2D eigenvalue weighted by atomic mass is 31.1. The zero-order valence-corrected chi connectivity index (χ0v) is 5.22. The van der Waals surface area contributed by atoms with Crippen molar-refractivity contribution in [1.82, 2.24) is 5.09 Å². The van der Waals surface area contributed by atoms with Crippen LogP contribution in [-0.4, -0.2) is 11.9 Å². The molecule has 1 aliphatic heterocycles. The van der Waals surface area contributed by atoms with Gasteiger partial charge in [-0.25, -0.2) is 0 Å². The number of carbonyl (C=O) groups is 1. The Morgan fingerprint density at radius 2 is 2.62 bits per heavy atom. The van der Waals surface area contributed by atoms with Crippen molar-refractivity contribution in [3.8, 4) is 0 Å². The molecule has 4 heteroatoms. The Morgan fingerprint density at radius 3 is 2.88 bits per heavy atom. The first-order valence-electron chi connectivity index (χ1n) is 2.28. The van der Waals surface area contributed by atoms with Crippen LogP contribution in [0.1, 0.15) is 0 Å². The largest absolute Gasteiger partial charge is 0.368 e. The van der Waals surface area contributed by atoms with Gasteiger partial charge in [0.25, 0.3) is 0 Å². The van der Waals surface area contributed by atoms with Crippen LogP contribution in [0.5, 0.6) is 0 Å². The van der Waals surface area contributed by atoms with Crippen molar-refractivity contribution < 1.29 is 4.79 Å². The SMILES string of the molecule is NC(=O)C1C=CPN1. The predicted molar refractivity (Wildman–Crippen MR) is 33.6 cm³/mol. The molecular weight excluding hydrogens is 123 g/mol. The zero-order chi connectivity index (χ0) is 5.98. The molecule has 1 heterocycles. The molecule has 0 bridgehead atoms. The van der Waals surface area contributed by atoms with E-state index in [2.05, 4.69) is 5.09 Å². The van der Waals surface area contributed by atoms with Gasteiger partial charge in [0.15, 0.2) is 0 Å². The van der Waals surface area contributed by atoms with Gasteiger partial charge in [-0.05, 0) is 8.73 Å². The Bertz CT molecular complexity index is 134. The summed E-state index contributed by atoms with van der Waals surface area (Å²) in [5.74, 6) is 1.61. The molecule has 2 atom stereocenters. The Balaban J connectivity index is 2.48. The van der Waals surface area contributed by atoms with Crippen molar-refractivity contribution in [3.63, 3.8) is 0 Å². The molecule has 1 amide bonds. The van der Waals surface area contributed by atoms with E-state index in [1.807, 2.05) is 5.82 Å². The number of rotatable bonds is 1. The monoisotopic (exact) mass is 130 g/mol. The molecule has 1 aliphatic rings. The van der Waals surface area contributed by atoms with Gasteiger partial charge in [-0.2, -0.15) is 0 Å². The van der Waals surface area contributed by atoms with E-state index in [4.69, 9.17) is 5.73 Å². The molecule has 0 fully saturated rings. The summed E-state index contributed by atoms with van der Waals surface area (Å²) in [7, 11) is 0.550. The highest BCUT2D eigenvalue weighted by Crippen LogP contribution is 2.14. The van der Waals surface area contributed by atoms with Gasteiger partial charge in [-0.1, -0.05) is 11.9 Å². The number of nitrogens with one attached hydrogen (secondary N) is 1. The van der Waals surface area contributed by atoms with Gasteiger partial charge < -0.3 is 5.73 Å². The van der Waals surface area contributed by atoms with Gasteiger partial charge in [0.2, 0.25) is 5.91 Å². The molecule has 8 heavy (non-hydrogen) atoms. The zero-order valence-electron chi connectivity index (χ0n) is 4.22. The lowest BCUT2D eigenvalue weighted by atomic mass is 10.3. The van der Waals surface area contributed by atoms with Crippen LogP contribution in [0.4, 0.5) is 0 Å². The lowest BCUT2D eigenvalue weighted by molar-refractivity contribution is -0.118. The molecule has 0 saturated heterocycles. The molecule has 0 radical (unpaired) electrons. The van der Waals surface area contributed by atoms with Gasteiger partial charge in [0, 0.05) is 0 Å². The van der Waals surface area contributed by atoms with Gasteiger partial charge >= 0.3 is 0 Å². The molecule has 0 saturated carbocycles. The maximum absolute atomic E-state index is 10.3. The summed E-state index contributed by atoms with van der Waals surface area (Å²) < 4.78 is 0. The number of primary amides is 1. The first-order chi connectivity index (χ1) is 3.80. The molecule has 44 valence electrons. The summed E-state index contributed by atoms with van der Waals surface area (Å²) >= 11 is 0. The lowest BCUT2D eigenvalue weighted by Crippen LogP contribution is -2.33. The molecule has 0 aromatic carbocycles. The Hall–Kier alpha value is -0.400. The third kappa shape index (κ3) is 1.05. The average Bonchev–Trinajstić information content (AvgIpc) is 2.12. The second-order valence-electron chi connectivity index (χ2n) is 1.53. The quantitative estimate of drug-likeness (QED) is 0.472. The lowest BCUT2D eigenvalue weighted by Gasteiger charge is -1.99. The Kier molecular flexibility index (Phi) is 1.61. The summed E-state index contributed by atoms with van der Waals surface area (Å²) in [4.78, 5) is 10.3. The van der Waals surface area contributed by atoms with Crippen LogP contribution in [-0.2, 0) is 4.79 Å². The van der Waals surface area contributed by atoms with E-state index in [1.165, 1.54) is 0 Å². The topological polar surface area (TPSA) is 55.1 Å². The molecule has 0 aromatic rings. The maximum atomic E-state index is 10.3. The molecular formula is C4H7N2OP. The molecule has 0 aliphatic carbocycles. The van der Waals surface area contributed by atoms with E-state index < -0.39 is 0 Å². The standard InChI is InChI=1S/C4H7N2OP/c5-4(7)3-1-2-8-6-3/h1-3,6,8H,(H2,5,7). The number of hydrogen-bond acceptors (Lipinski definition) is 2. The normalized spacial score (nSPS) is 29.2. The fraction of sp³-hybridized carbons (Fsp3) is 0.250. The van der Waals surface area contributed by atoms with Crippen LogP contribution in [0.25, 0.3) is 0 Å². The molecule has 1 rings (SSSR count). The van der Waals surface area contributed by atoms with Gasteiger partial charge in [0.1, 0.15) is 6.04 Å². The highest BCUT2D eigenvalue weighted by molar-refractivity contribution is 7.39. The minimum atomic E-state index is -0.300. The van der Waals surface area contributed by atoms with Crippen LogP contribution >= 0.6 is 8.73 Å². The average molecular weight is 130 g/mol. The van der Waals surface area contributed by atoms with Crippen LogP contribution in [0.3, 0.4) is 0 Å². The Labute approximate surface area is 49.2 Å². The van der Waals surface area contributed by atoms with E-state index in [1.54, 1.807) is 6.08 Å². The summed E-state index contributed by atoms with van der Waals surface area (Å²) in [6.45, 7) is 0.